The minimum absolute atomic E-state index is 0.180. The third kappa shape index (κ3) is 6.63. The summed E-state index contributed by atoms with van der Waals surface area (Å²) in [4.78, 5) is 22.3. The summed E-state index contributed by atoms with van der Waals surface area (Å²) >= 11 is 0. The van der Waals surface area contributed by atoms with Crippen molar-refractivity contribution in [3.05, 3.63) is 0 Å². The van der Waals surface area contributed by atoms with Gasteiger partial charge in [-0.2, -0.15) is 0 Å². The normalized spacial score (nSPS) is 47.7. The molecule has 4 rings (SSSR count). The molecule has 9 unspecified atom stereocenters. The van der Waals surface area contributed by atoms with Crippen LogP contribution in [0, 0.1) is 11.8 Å². The quantitative estimate of drug-likeness (QED) is 0.0873. The molecule has 2 aliphatic carbocycles. The Morgan fingerprint density at radius 3 is 2.26 bits per heavy atom. The van der Waals surface area contributed by atoms with Crippen molar-refractivity contribution in [3.8, 4) is 0 Å². The highest BCUT2D eigenvalue weighted by atomic mass is 16.7. The smallest absolute Gasteiger partial charge is 0.317 e. The zero-order valence-electron chi connectivity index (χ0n) is 20.8. The van der Waals surface area contributed by atoms with Gasteiger partial charge in [-0.25, -0.2) is 0 Å². The molecule has 218 valence electrons. The monoisotopic (exact) mass is 551 g/mol. The van der Waals surface area contributed by atoms with E-state index < -0.39 is 92.3 Å². The van der Waals surface area contributed by atoms with Gasteiger partial charge in [-0.05, 0) is 25.7 Å². The summed E-state index contributed by atoms with van der Waals surface area (Å²) in [6, 6.07) is 0. The van der Waals surface area contributed by atoms with Crippen LogP contribution in [0.2, 0.25) is 0 Å². The van der Waals surface area contributed by atoms with Crippen molar-refractivity contribution in [2.24, 2.45) is 11.8 Å². The number of aliphatic hydroxyl groups excluding tert-OH is 7. The Morgan fingerprint density at radius 1 is 0.842 bits per heavy atom. The molecule has 2 aliphatic heterocycles. The van der Waals surface area contributed by atoms with Crippen molar-refractivity contribution in [1.29, 1.82) is 0 Å². The maximum atomic E-state index is 11.6. The van der Waals surface area contributed by atoms with Crippen LogP contribution >= 0.6 is 0 Å². The van der Waals surface area contributed by atoms with Crippen molar-refractivity contribution >= 4 is 11.9 Å². The molecule has 14 nitrogen and oxygen atoms in total. The van der Waals surface area contributed by atoms with Crippen molar-refractivity contribution in [2.45, 2.75) is 118 Å². The van der Waals surface area contributed by atoms with E-state index in [1.807, 2.05) is 0 Å². The summed E-state index contributed by atoms with van der Waals surface area (Å²) < 4.78 is 21.5. The maximum Gasteiger partial charge on any atom is 0.317 e. The second-order valence-corrected chi connectivity index (χ2v) is 10.9. The van der Waals surface area contributed by atoms with Gasteiger partial charge in [0.05, 0.1) is 30.3 Å². The van der Waals surface area contributed by atoms with E-state index in [-0.39, 0.29) is 37.2 Å². The van der Waals surface area contributed by atoms with Crippen molar-refractivity contribution in [3.63, 3.8) is 0 Å². The first-order valence-electron chi connectivity index (χ1n) is 13.1. The van der Waals surface area contributed by atoms with Crippen LogP contribution in [-0.2, 0) is 23.8 Å². The summed E-state index contributed by atoms with van der Waals surface area (Å²) in [5.41, 5.74) is 0. The molecule has 0 radical (unpaired) electrons. The van der Waals surface area contributed by atoms with E-state index in [1.54, 1.807) is 0 Å². The van der Waals surface area contributed by atoms with E-state index in [2.05, 4.69) is 0 Å². The Bertz CT molecular complexity index is 826. The van der Waals surface area contributed by atoms with E-state index in [9.17, 15) is 45.3 Å². The Hall–Kier alpha value is -1.46. The zero-order chi connectivity index (χ0) is 27.7. The number of carbonyl (C=O) groups is 2. The van der Waals surface area contributed by atoms with E-state index in [1.165, 1.54) is 0 Å². The first-order valence-corrected chi connectivity index (χ1v) is 13.1. The number of carboxylic acid groups (broad SMARTS) is 1. The van der Waals surface area contributed by atoms with Crippen LogP contribution in [-0.4, -0.2) is 138 Å². The molecule has 0 amide bonds. The first-order chi connectivity index (χ1) is 17.9. The number of esters is 1. The third-order valence-electron chi connectivity index (χ3n) is 8.25. The van der Waals surface area contributed by atoms with Crippen LogP contribution < -0.4 is 0 Å². The number of carboxylic acids is 1. The number of carbonyl (C=O) groups excluding carboxylic acids is 1. The molecule has 0 bridgehead atoms. The number of aliphatic carboxylic acids is 1. The lowest BCUT2D eigenvalue weighted by Gasteiger charge is -2.48. The van der Waals surface area contributed by atoms with Gasteiger partial charge >= 0.3 is 11.9 Å². The van der Waals surface area contributed by atoms with Crippen LogP contribution in [0.15, 0.2) is 0 Å². The predicted octanol–water partition coefficient (Wildman–Crippen LogP) is -3.48. The third-order valence-corrected chi connectivity index (χ3v) is 8.25. The Balaban J connectivity index is 1.49. The van der Waals surface area contributed by atoms with E-state index in [4.69, 9.17) is 24.1 Å². The Morgan fingerprint density at radius 2 is 1.58 bits per heavy atom. The molecular formula is C24H39O14+. The van der Waals surface area contributed by atoms with E-state index in [0.29, 0.717) is 19.3 Å². The molecule has 0 aromatic heterocycles. The molecule has 0 aromatic carbocycles. The number of hydrogen-bond acceptors (Lipinski definition) is 12. The van der Waals surface area contributed by atoms with Crippen molar-refractivity contribution in [2.75, 3.05) is 6.61 Å². The fraction of sp³-hybridized carbons (Fsp3) is 0.917. The van der Waals surface area contributed by atoms with Crippen LogP contribution in [0.1, 0.15) is 44.9 Å². The number of rotatable bonds is 7. The van der Waals surface area contributed by atoms with E-state index >= 15 is 0 Å². The van der Waals surface area contributed by atoms with Crippen LogP contribution in [0.5, 0.6) is 0 Å². The number of ether oxygens (including phenoxy) is 4. The van der Waals surface area contributed by atoms with Gasteiger partial charge in [0.1, 0.15) is 43.5 Å². The molecule has 2 saturated heterocycles. The standard InChI is InChI=1S/C24H38O14/c25-10-4-13(27)11-6-16(23(36-15(11)5-10)9-1-2-12(26)14(28)3-9)37-24-22(34)21(33)20(32)17(38-24)8-35-19(31)7-18(29)30/h9-17,20-28,32-34H,1-8H2,(H,29,30)/p+1/t9?,10?,11?,12?,13?,14?,15?,16?,17-,20-,21+,22-,23?,24-/m1/s1. The zero-order valence-corrected chi connectivity index (χ0v) is 20.8. The largest absolute Gasteiger partial charge is 0.481 e. The fourth-order valence-electron chi connectivity index (χ4n) is 6.19. The highest BCUT2D eigenvalue weighted by molar-refractivity contribution is 5.90. The maximum absolute atomic E-state index is 11.6. The van der Waals surface area contributed by atoms with Gasteiger partial charge in [0.2, 0.25) is 0 Å². The molecule has 0 aromatic rings. The molecule has 2 saturated carbocycles. The second kappa shape index (κ2) is 12.4. The van der Waals surface area contributed by atoms with Crippen LogP contribution in [0.3, 0.4) is 0 Å². The highest BCUT2D eigenvalue weighted by Gasteiger charge is 2.54. The van der Waals surface area contributed by atoms with Gasteiger partial charge in [0.15, 0.2) is 18.5 Å². The van der Waals surface area contributed by atoms with Gasteiger partial charge < -0.3 is 59.8 Å². The minimum atomic E-state index is -1.73. The van der Waals surface area contributed by atoms with Gasteiger partial charge in [-0.1, -0.05) is 0 Å². The molecule has 4 fully saturated rings. The van der Waals surface area contributed by atoms with Gasteiger partial charge in [0, 0.05) is 18.8 Å². The molecule has 14 atom stereocenters. The van der Waals surface area contributed by atoms with Crippen LogP contribution in [0.4, 0.5) is 0 Å². The van der Waals surface area contributed by atoms with Gasteiger partial charge in [-0.3, -0.25) is 9.59 Å². The lowest BCUT2D eigenvalue weighted by molar-refractivity contribution is -0.356. The van der Waals surface area contributed by atoms with Crippen LogP contribution in [0.25, 0.3) is 0 Å². The second-order valence-electron chi connectivity index (χ2n) is 10.9. The van der Waals surface area contributed by atoms with Crippen molar-refractivity contribution < 1.29 is 69.4 Å². The lowest BCUT2D eigenvalue weighted by Crippen LogP contribution is -2.63. The lowest BCUT2D eigenvalue weighted by atomic mass is 9.72. The topological polar surface area (TPSA) is 236 Å². The number of fused-ring (bicyclic) bond motifs is 1. The summed E-state index contributed by atoms with van der Waals surface area (Å²) in [6.07, 6.45) is -11.8. The number of aliphatic hydroxyl groups is 9. The summed E-state index contributed by atoms with van der Waals surface area (Å²) in [5.74, 6) is -3.03. The number of hydrogen-bond donors (Lipinski definition) is 8. The molecule has 0 spiro atoms. The van der Waals surface area contributed by atoms with Gasteiger partial charge in [-0.15, -0.1) is 0 Å². The minimum Gasteiger partial charge on any atom is -0.481 e. The summed E-state index contributed by atoms with van der Waals surface area (Å²) in [7, 11) is 0. The average Bonchev–Trinajstić information content (AvgIpc) is 2.84. The molecular weight excluding hydrogens is 512 g/mol. The molecule has 14 heteroatoms. The summed E-state index contributed by atoms with van der Waals surface area (Å²) in [5, 5.41) is 81.1. The molecule has 9 N–H and O–H groups in total. The SMILES string of the molecule is O=C(O)CC(=O)OC[C@H]1O[C@@H](OC2CC3C(O)CC(O)CC3[OH+]C2C2CCC(O)C(O)C2)[C@H](O)[C@@H](O)[C@@H]1O. The first kappa shape index (κ1) is 29.5. The Labute approximate surface area is 218 Å². The van der Waals surface area contributed by atoms with Gasteiger partial charge in [0.25, 0.3) is 0 Å². The molecule has 38 heavy (non-hydrogen) atoms. The fourth-order valence-corrected chi connectivity index (χ4v) is 6.19. The van der Waals surface area contributed by atoms with Crippen molar-refractivity contribution in [1.82, 2.24) is 0 Å². The predicted molar refractivity (Wildman–Crippen MR) is 123 cm³/mol. The average molecular weight is 552 g/mol. The Kier molecular flexibility index (Phi) is 9.61. The molecule has 2 heterocycles. The molecule has 4 aliphatic rings. The summed E-state index contributed by atoms with van der Waals surface area (Å²) in [6.45, 7) is -0.594. The van der Waals surface area contributed by atoms with E-state index in [0.717, 1.165) is 0 Å². The highest BCUT2D eigenvalue weighted by Crippen LogP contribution is 2.42.